The van der Waals surface area contributed by atoms with E-state index in [1.54, 1.807) is 0 Å². The molecule has 0 aliphatic rings. The van der Waals surface area contributed by atoms with Crippen molar-refractivity contribution in [2.75, 3.05) is 25.5 Å². The molecule has 0 amide bonds. The fourth-order valence-electron chi connectivity index (χ4n) is 9.86. The molecule has 1 N–H and O–H groups in total. The smallest absolute Gasteiger partial charge is 0.309 e. The summed E-state index contributed by atoms with van der Waals surface area (Å²) in [7, 11) is -4.03. The molecule has 0 bridgehead atoms. The zero-order valence-corrected chi connectivity index (χ0v) is 42.7. The van der Waals surface area contributed by atoms with Crippen LogP contribution in [0.15, 0.2) is 0 Å². The van der Waals surface area contributed by atoms with E-state index in [4.69, 9.17) is 0 Å². The first kappa shape index (κ1) is 59.9. The minimum absolute atomic E-state index is 0.0801. The maximum atomic E-state index is 12.5. The highest BCUT2D eigenvalue weighted by Crippen LogP contribution is 2.22. The Hall–Kier alpha value is -0.130. The average molecular weight is 870 g/mol. The number of hydrogen-bond acceptors (Lipinski definition) is 2. The SMILES string of the molecule is CCCCCCCCCCCCCCCCCC[N+](CCCCCCCCCCCCCCCCCC)(CCCCCCCCCCCCCCCCCC)CS(=O)(=O)O. The first-order valence-electron chi connectivity index (χ1n) is 28.2. The van der Waals surface area contributed by atoms with E-state index in [9.17, 15) is 13.0 Å². The van der Waals surface area contributed by atoms with Crippen molar-refractivity contribution < 1.29 is 17.5 Å². The Balaban J connectivity index is 4.54. The molecule has 0 aliphatic carbocycles. The predicted molar refractivity (Wildman–Crippen MR) is 270 cm³/mol. The second-order valence-corrected chi connectivity index (χ2v) is 21.6. The van der Waals surface area contributed by atoms with Crippen molar-refractivity contribution in [3.8, 4) is 0 Å². The van der Waals surface area contributed by atoms with Gasteiger partial charge in [-0.25, -0.2) is 0 Å². The molecule has 0 atom stereocenters. The number of nitrogens with zero attached hydrogens (tertiary/aromatic N) is 1. The van der Waals surface area contributed by atoms with Gasteiger partial charge in [-0.05, 0) is 38.5 Å². The van der Waals surface area contributed by atoms with Gasteiger partial charge in [0.15, 0.2) is 0 Å². The van der Waals surface area contributed by atoms with Gasteiger partial charge in [0.05, 0.1) is 19.6 Å². The van der Waals surface area contributed by atoms with Gasteiger partial charge in [0.2, 0.25) is 5.88 Å². The van der Waals surface area contributed by atoms with Crippen LogP contribution in [0.25, 0.3) is 0 Å². The number of rotatable bonds is 53. The maximum absolute atomic E-state index is 12.5. The fraction of sp³-hybridized carbons (Fsp3) is 1.00. The fourth-order valence-corrected chi connectivity index (χ4v) is 10.9. The molecular formula is C55H114NO3S+. The summed E-state index contributed by atoms with van der Waals surface area (Å²) >= 11 is 0. The van der Waals surface area contributed by atoms with E-state index in [1.165, 1.54) is 289 Å². The summed E-state index contributed by atoms with van der Waals surface area (Å²) < 4.78 is 35.8. The van der Waals surface area contributed by atoms with Crippen molar-refractivity contribution in [3.63, 3.8) is 0 Å². The number of unbranched alkanes of at least 4 members (excludes halogenated alkanes) is 45. The third kappa shape index (κ3) is 47.4. The molecular weight excluding hydrogens is 755 g/mol. The molecule has 362 valence electrons. The van der Waals surface area contributed by atoms with Crippen LogP contribution >= 0.6 is 0 Å². The van der Waals surface area contributed by atoms with Crippen molar-refractivity contribution in [2.24, 2.45) is 0 Å². The molecule has 0 unspecified atom stereocenters. The van der Waals surface area contributed by atoms with Crippen LogP contribution in [0.5, 0.6) is 0 Å². The Morgan fingerprint density at radius 3 is 0.517 bits per heavy atom. The van der Waals surface area contributed by atoms with Gasteiger partial charge in [-0.1, -0.05) is 290 Å². The molecule has 0 heterocycles. The van der Waals surface area contributed by atoms with Crippen LogP contribution in [-0.4, -0.2) is 43.0 Å². The normalized spacial score (nSPS) is 12.3. The molecule has 0 aromatic heterocycles. The summed E-state index contributed by atoms with van der Waals surface area (Å²) in [5.74, 6) is -0.0801. The topological polar surface area (TPSA) is 54.4 Å². The van der Waals surface area contributed by atoms with Crippen molar-refractivity contribution >= 4 is 10.1 Å². The van der Waals surface area contributed by atoms with E-state index in [0.29, 0.717) is 4.48 Å². The van der Waals surface area contributed by atoms with Crippen LogP contribution in [0, 0.1) is 0 Å². The highest BCUT2D eigenvalue weighted by molar-refractivity contribution is 7.85. The number of quaternary nitrogens is 1. The Bertz CT molecular complexity index is 819. The molecule has 0 fully saturated rings. The van der Waals surface area contributed by atoms with Gasteiger partial charge in [0, 0.05) is 0 Å². The highest BCUT2D eigenvalue weighted by atomic mass is 32.2. The maximum Gasteiger partial charge on any atom is 0.316 e. The second kappa shape index (κ2) is 48.3. The molecule has 0 saturated carbocycles. The summed E-state index contributed by atoms with van der Waals surface area (Å²) in [6.45, 7) is 9.62. The van der Waals surface area contributed by atoms with E-state index in [-0.39, 0.29) is 5.88 Å². The third-order valence-corrected chi connectivity index (χ3v) is 14.8. The van der Waals surface area contributed by atoms with E-state index >= 15 is 0 Å². The average Bonchev–Trinajstić information content (AvgIpc) is 3.22. The van der Waals surface area contributed by atoms with Crippen LogP contribution in [0.3, 0.4) is 0 Å². The van der Waals surface area contributed by atoms with Gasteiger partial charge in [-0.15, -0.1) is 0 Å². The second-order valence-electron chi connectivity index (χ2n) is 20.1. The first-order chi connectivity index (χ1) is 29.4. The van der Waals surface area contributed by atoms with E-state index in [0.717, 1.165) is 38.9 Å². The zero-order chi connectivity index (χ0) is 43.8. The Labute approximate surface area is 380 Å². The van der Waals surface area contributed by atoms with Gasteiger partial charge in [-0.3, -0.25) is 4.55 Å². The lowest BCUT2D eigenvalue weighted by Gasteiger charge is -2.38. The summed E-state index contributed by atoms with van der Waals surface area (Å²) in [5, 5.41) is 0. The zero-order valence-electron chi connectivity index (χ0n) is 41.9. The van der Waals surface area contributed by atoms with Crippen molar-refractivity contribution in [2.45, 2.75) is 329 Å². The third-order valence-electron chi connectivity index (χ3n) is 13.9. The lowest BCUT2D eigenvalue weighted by atomic mass is 10.0. The molecule has 4 nitrogen and oxygen atoms in total. The summed E-state index contributed by atoms with van der Waals surface area (Å²) in [6, 6.07) is 0. The molecule has 0 saturated heterocycles. The van der Waals surface area contributed by atoms with Crippen LogP contribution < -0.4 is 0 Å². The monoisotopic (exact) mass is 869 g/mol. The summed E-state index contributed by atoms with van der Waals surface area (Å²) in [4.78, 5) is 0. The molecule has 0 spiro atoms. The quantitative estimate of drug-likeness (QED) is 0.0376. The van der Waals surface area contributed by atoms with Crippen LogP contribution in [-0.2, 0) is 10.1 Å². The van der Waals surface area contributed by atoms with Gasteiger partial charge < -0.3 is 4.48 Å². The summed E-state index contributed by atoms with van der Waals surface area (Å²) in [5.41, 5.74) is 0. The first-order valence-corrected chi connectivity index (χ1v) is 29.8. The Kier molecular flexibility index (Phi) is 48.2. The molecule has 0 rings (SSSR count). The van der Waals surface area contributed by atoms with Gasteiger partial charge in [-0.2, -0.15) is 8.42 Å². The van der Waals surface area contributed by atoms with Crippen molar-refractivity contribution in [1.82, 2.24) is 0 Å². The van der Waals surface area contributed by atoms with Gasteiger partial charge in [0.1, 0.15) is 0 Å². The Morgan fingerprint density at radius 1 is 0.250 bits per heavy atom. The van der Waals surface area contributed by atoms with Crippen LogP contribution in [0.2, 0.25) is 0 Å². The molecule has 0 aromatic carbocycles. The lowest BCUT2D eigenvalue weighted by Crippen LogP contribution is -2.53. The Morgan fingerprint density at radius 2 is 0.383 bits per heavy atom. The van der Waals surface area contributed by atoms with Crippen molar-refractivity contribution in [3.05, 3.63) is 0 Å². The molecule has 0 aromatic rings. The minimum atomic E-state index is -4.03. The predicted octanol–water partition coefficient (Wildman–Crippen LogP) is 19.4. The van der Waals surface area contributed by atoms with Crippen LogP contribution in [0.1, 0.15) is 329 Å². The van der Waals surface area contributed by atoms with Gasteiger partial charge >= 0.3 is 10.1 Å². The van der Waals surface area contributed by atoms with Crippen LogP contribution in [0.4, 0.5) is 0 Å². The number of hydrogen-bond donors (Lipinski definition) is 1. The molecule has 0 radical (unpaired) electrons. The largest absolute Gasteiger partial charge is 0.316 e. The van der Waals surface area contributed by atoms with E-state index < -0.39 is 10.1 Å². The minimum Gasteiger partial charge on any atom is -0.309 e. The van der Waals surface area contributed by atoms with Gasteiger partial charge in [0.25, 0.3) is 0 Å². The van der Waals surface area contributed by atoms with E-state index in [1.807, 2.05) is 0 Å². The highest BCUT2D eigenvalue weighted by Gasteiger charge is 2.31. The molecule has 60 heavy (non-hydrogen) atoms. The molecule has 5 heteroatoms. The van der Waals surface area contributed by atoms with Crippen molar-refractivity contribution in [1.29, 1.82) is 0 Å². The van der Waals surface area contributed by atoms with E-state index in [2.05, 4.69) is 20.8 Å². The standard InChI is InChI=1S/C55H113NO3S/c1-4-7-10-13-16-19-22-25-28-31-34-37-40-43-46-49-52-56(55-60(57,58)59,53-50-47-44-41-38-35-32-29-26-23-20-17-14-11-8-5-2)54-51-48-45-42-39-36-33-30-27-24-21-18-15-12-9-6-3/h4-55H2,1-3H3/p+1. The molecule has 0 aliphatic heterocycles. The summed E-state index contributed by atoms with van der Waals surface area (Å²) in [6.07, 6.45) is 65.1. The lowest BCUT2D eigenvalue weighted by molar-refractivity contribution is -0.918.